The Morgan fingerprint density at radius 3 is 2.65 bits per heavy atom. The molecule has 0 bridgehead atoms. The number of sulfonamides is 1. The molecule has 1 aliphatic heterocycles. The number of benzene rings is 1. The van der Waals surface area contributed by atoms with Crippen LogP contribution in [0.3, 0.4) is 0 Å². The SMILES string of the molecule is Nc1ncc(Cl)cc1S(=O)(=O)N1Cc2ccc(C(=O)O)cc2C1. The number of hydrogen-bond acceptors (Lipinski definition) is 5. The third-order valence-corrected chi connectivity index (χ3v) is 5.64. The molecule has 0 fully saturated rings. The van der Waals surface area contributed by atoms with E-state index in [1.807, 2.05) is 0 Å². The quantitative estimate of drug-likeness (QED) is 0.868. The van der Waals surface area contributed by atoms with Crippen LogP contribution in [0.25, 0.3) is 0 Å². The van der Waals surface area contributed by atoms with Gasteiger partial charge in [-0.1, -0.05) is 17.7 Å². The monoisotopic (exact) mass is 353 g/mol. The fourth-order valence-electron chi connectivity index (χ4n) is 2.44. The van der Waals surface area contributed by atoms with Crippen molar-refractivity contribution >= 4 is 33.4 Å². The van der Waals surface area contributed by atoms with E-state index in [4.69, 9.17) is 22.4 Å². The second-order valence-corrected chi connectivity index (χ2v) is 7.44. The van der Waals surface area contributed by atoms with E-state index >= 15 is 0 Å². The van der Waals surface area contributed by atoms with Gasteiger partial charge in [0.2, 0.25) is 10.0 Å². The van der Waals surface area contributed by atoms with Gasteiger partial charge in [0.25, 0.3) is 0 Å². The average Bonchev–Trinajstić information content (AvgIpc) is 2.93. The molecule has 2 aromatic rings. The van der Waals surface area contributed by atoms with Crippen LogP contribution in [0.5, 0.6) is 0 Å². The molecule has 120 valence electrons. The lowest BCUT2D eigenvalue weighted by Gasteiger charge is -2.16. The van der Waals surface area contributed by atoms with Crippen molar-refractivity contribution in [2.75, 3.05) is 5.73 Å². The van der Waals surface area contributed by atoms with E-state index in [9.17, 15) is 13.2 Å². The van der Waals surface area contributed by atoms with Crippen molar-refractivity contribution in [1.29, 1.82) is 0 Å². The van der Waals surface area contributed by atoms with E-state index < -0.39 is 16.0 Å². The van der Waals surface area contributed by atoms with Crippen molar-refractivity contribution < 1.29 is 18.3 Å². The number of rotatable bonds is 3. The summed E-state index contributed by atoms with van der Waals surface area (Å²) in [4.78, 5) is 14.6. The zero-order chi connectivity index (χ0) is 16.8. The van der Waals surface area contributed by atoms with E-state index in [1.165, 1.54) is 28.7 Å². The maximum Gasteiger partial charge on any atom is 0.335 e. The standard InChI is InChI=1S/C14H12ClN3O4S/c15-11-4-12(13(16)17-5-11)23(21,22)18-6-9-2-1-8(14(19)20)3-10(9)7-18/h1-5H,6-7H2,(H2,16,17)(H,19,20). The molecule has 0 unspecified atom stereocenters. The Labute approximate surface area is 137 Å². The normalized spacial score (nSPS) is 14.7. The van der Waals surface area contributed by atoms with Gasteiger partial charge >= 0.3 is 5.97 Å². The molecule has 0 saturated heterocycles. The van der Waals surface area contributed by atoms with Gasteiger partial charge in [-0.15, -0.1) is 0 Å². The fraction of sp³-hybridized carbons (Fsp3) is 0.143. The number of fused-ring (bicyclic) bond motifs is 1. The first kappa shape index (κ1) is 15.7. The summed E-state index contributed by atoms with van der Waals surface area (Å²) < 4.78 is 26.7. The smallest absolute Gasteiger partial charge is 0.335 e. The van der Waals surface area contributed by atoms with Crippen LogP contribution in [-0.4, -0.2) is 28.8 Å². The predicted octanol–water partition coefficient (Wildman–Crippen LogP) is 1.72. The first-order chi connectivity index (χ1) is 10.8. The molecule has 9 heteroatoms. The predicted molar refractivity (Wildman–Crippen MR) is 83.5 cm³/mol. The molecule has 1 aromatic heterocycles. The summed E-state index contributed by atoms with van der Waals surface area (Å²) in [5.74, 6) is -1.19. The summed E-state index contributed by atoms with van der Waals surface area (Å²) in [6.45, 7) is 0.217. The van der Waals surface area contributed by atoms with Gasteiger partial charge in [0, 0.05) is 19.3 Å². The molecule has 2 heterocycles. The Morgan fingerprint density at radius 2 is 1.96 bits per heavy atom. The molecule has 3 rings (SSSR count). The third-order valence-electron chi connectivity index (χ3n) is 3.61. The Morgan fingerprint density at radius 1 is 1.26 bits per heavy atom. The van der Waals surface area contributed by atoms with Crippen molar-refractivity contribution in [2.24, 2.45) is 0 Å². The van der Waals surface area contributed by atoms with Crippen LogP contribution in [0.2, 0.25) is 5.02 Å². The van der Waals surface area contributed by atoms with Crippen LogP contribution < -0.4 is 5.73 Å². The number of aromatic nitrogens is 1. The van der Waals surface area contributed by atoms with Crippen LogP contribution in [0.1, 0.15) is 21.5 Å². The minimum atomic E-state index is -3.88. The highest BCUT2D eigenvalue weighted by Crippen LogP contribution is 2.31. The van der Waals surface area contributed by atoms with Gasteiger partial charge in [0.1, 0.15) is 10.7 Å². The van der Waals surface area contributed by atoms with E-state index in [-0.39, 0.29) is 34.4 Å². The van der Waals surface area contributed by atoms with Gasteiger partial charge in [0.15, 0.2) is 0 Å². The second-order valence-electron chi connectivity index (χ2n) is 5.10. The van der Waals surface area contributed by atoms with Crippen LogP contribution >= 0.6 is 11.6 Å². The fourth-order valence-corrected chi connectivity index (χ4v) is 4.15. The van der Waals surface area contributed by atoms with Crippen LogP contribution in [0.15, 0.2) is 35.4 Å². The van der Waals surface area contributed by atoms with Crippen molar-refractivity contribution in [3.63, 3.8) is 0 Å². The van der Waals surface area contributed by atoms with E-state index in [0.29, 0.717) is 5.56 Å². The highest BCUT2D eigenvalue weighted by molar-refractivity contribution is 7.89. The van der Waals surface area contributed by atoms with Crippen molar-refractivity contribution in [1.82, 2.24) is 9.29 Å². The van der Waals surface area contributed by atoms with Crippen molar-refractivity contribution in [3.8, 4) is 0 Å². The lowest BCUT2D eigenvalue weighted by Crippen LogP contribution is -2.26. The van der Waals surface area contributed by atoms with Gasteiger partial charge in [-0.05, 0) is 29.3 Å². The summed E-state index contributed by atoms with van der Waals surface area (Å²) in [6.07, 6.45) is 1.27. The molecule has 1 aromatic carbocycles. The number of carbonyl (C=O) groups is 1. The summed E-state index contributed by atoms with van der Waals surface area (Å²) in [5, 5.41) is 9.18. The number of nitrogens with zero attached hydrogens (tertiary/aromatic N) is 2. The molecule has 0 saturated carbocycles. The molecule has 0 radical (unpaired) electrons. The number of aromatic carboxylic acids is 1. The maximum absolute atomic E-state index is 12.7. The number of nitrogens with two attached hydrogens (primary N) is 1. The Hall–Kier alpha value is -2.16. The minimum Gasteiger partial charge on any atom is -0.478 e. The molecule has 23 heavy (non-hydrogen) atoms. The molecular weight excluding hydrogens is 342 g/mol. The van der Waals surface area contributed by atoms with Crippen molar-refractivity contribution in [2.45, 2.75) is 18.0 Å². The minimum absolute atomic E-state index is 0.0741. The van der Waals surface area contributed by atoms with Gasteiger partial charge in [-0.25, -0.2) is 18.2 Å². The zero-order valence-corrected chi connectivity index (χ0v) is 13.3. The van der Waals surface area contributed by atoms with E-state index in [1.54, 1.807) is 6.07 Å². The lowest BCUT2D eigenvalue weighted by molar-refractivity contribution is 0.0696. The van der Waals surface area contributed by atoms with E-state index in [0.717, 1.165) is 5.56 Å². The third kappa shape index (κ3) is 2.76. The highest BCUT2D eigenvalue weighted by atomic mass is 35.5. The van der Waals surface area contributed by atoms with E-state index in [2.05, 4.69) is 4.98 Å². The number of anilines is 1. The first-order valence-corrected chi connectivity index (χ1v) is 8.37. The molecule has 0 atom stereocenters. The number of pyridine rings is 1. The summed E-state index contributed by atoms with van der Waals surface area (Å²) in [5.41, 5.74) is 7.19. The molecule has 0 amide bonds. The first-order valence-electron chi connectivity index (χ1n) is 6.55. The molecule has 0 spiro atoms. The zero-order valence-electron chi connectivity index (χ0n) is 11.7. The molecule has 0 aliphatic carbocycles. The van der Waals surface area contributed by atoms with Gasteiger partial charge < -0.3 is 10.8 Å². The maximum atomic E-state index is 12.7. The van der Waals surface area contributed by atoms with Crippen LogP contribution in [0, 0.1) is 0 Å². The van der Waals surface area contributed by atoms with Gasteiger partial charge in [0.05, 0.1) is 10.6 Å². The Bertz CT molecular complexity index is 914. The van der Waals surface area contributed by atoms with Crippen molar-refractivity contribution in [3.05, 3.63) is 52.2 Å². The molecule has 7 nitrogen and oxygen atoms in total. The number of carboxylic acid groups (broad SMARTS) is 1. The lowest BCUT2D eigenvalue weighted by atomic mass is 10.1. The topological polar surface area (TPSA) is 114 Å². The van der Waals surface area contributed by atoms with Crippen LogP contribution in [0.4, 0.5) is 5.82 Å². The number of hydrogen-bond donors (Lipinski definition) is 2. The number of nitrogen functional groups attached to an aromatic ring is 1. The highest BCUT2D eigenvalue weighted by Gasteiger charge is 2.32. The molecular formula is C14H12ClN3O4S. The van der Waals surface area contributed by atoms with Gasteiger partial charge in [-0.2, -0.15) is 4.31 Å². The number of carboxylic acids is 1. The van der Waals surface area contributed by atoms with Crippen LogP contribution in [-0.2, 0) is 23.1 Å². The largest absolute Gasteiger partial charge is 0.478 e. The Balaban J connectivity index is 1.97. The second kappa shape index (κ2) is 5.48. The number of halogens is 1. The average molecular weight is 354 g/mol. The summed E-state index contributed by atoms with van der Waals surface area (Å²) >= 11 is 5.81. The summed E-state index contributed by atoms with van der Waals surface area (Å²) in [6, 6.07) is 5.80. The Kier molecular flexibility index (Phi) is 3.75. The van der Waals surface area contributed by atoms with Gasteiger partial charge in [-0.3, -0.25) is 0 Å². The molecule has 3 N–H and O–H groups in total. The summed E-state index contributed by atoms with van der Waals surface area (Å²) in [7, 11) is -3.88. The molecule has 1 aliphatic rings.